The molecule has 0 amide bonds. The second-order valence-corrected chi connectivity index (χ2v) is 9.52. The van der Waals surface area contributed by atoms with Gasteiger partial charge in [-0.05, 0) is 43.5 Å². The van der Waals surface area contributed by atoms with Gasteiger partial charge in [0.2, 0.25) is 0 Å². The third-order valence-electron chi connectivity index (χ3n) is 5.75. The number of likely N-dealkylation sites (tertiary alicyclic amines) is 1. The summed E-state index contributed by atoms with van der Waals surface area (Å²) in [6.45, 7) is 6.49. The zero-order chi connectivity index (χ0) is 19.4. The minimum atomic E-state index is -0.0966. The van der Waals surface area contributed by atoms with Gasteiger partial charge in [0.15, 0.2) is 5.13 Å². The van der Waals surface area contributed by atoms with Crippen molar-refractivity contribution in [2.75, 3.05) is 50.9 Å². The summed E-state index contributed by atoms with van der Waals surface area (Å²) in [4.78, 5) is 10.7. The first-order valence-corrected chi connectivity index (χ1v) is 11.2. The minimum absolute atomic E-state index is 0.0966. The molecule has 152 valence electrons. The molecule has 1 atom stereocenters. The Morgan fingerprint density at radius 1 is 1.25 bits per heavy atom. The summed E-state index contributed by atoms with van der Waals surface area (Å²) < 4.78 is 5.44. The van der Waals surface area contributed by atoms with Crippen molar-refractivity contribution in [3.63, 3.8) is 0 Å². The molecular formula is C21H28ClN3O2S. The van der Waals surface area contributed by atoms with E-state index in [1.807, 2.05) is 24.4 Å². The lowest BCUT2D eigenvalue weighted by atomic mass is 9.75. The molecule has 2 aromatic rings. The van der Waals surface area contributed by atoms with Gasteiger partial charge in [-0.25, -0.2) is 4.98 Å². The Balaban J connectivity index is 1.40. The molecule has 28 heavy (non-hydrogen) atoms. The highest BCUT2D eigenvalue weighted by atomic mass is 35.5. The van der Waals surface area contributed by atoms with Crippen molar-refractivity contribution < 1.29 is 9.84 Å². The molecule has 2 saturated heterocycles. The summed E-state index contributed by atoms with van der Waals surface area (Å²) in [5.74, 6) is 0. The third kappa shape index (κ3) is 4.86. The molecule has 0 radical (unpaired) electrons. The van der Waals surface area contributed by atoms with Crippen LogP contribution in [0.4, 0.5) is 5.13 Å². The van der Waals surface area contributed by atoms with Gasteiger partial charge in [0.25, 0.3) is 0 Å². The monoisotopic (exact) mass is 421 g/mol. The van der Waals surface area contributed by atoms with Crippen molar-refractivity contribution in [1.29, 1.82) is 0 Å². The van der Waals surface area contributed by atoms with Crippen LogP contribution in [0, 0.1) is 5.41 Å². The lowest BCUT2D eigenvalue weighted by molar-refractivity contribution is 0.0292. The summed E-state index contributed by atoms with van der Waals surface area (Å²) in [7, 11) is 0. The maximum atomic E-state index is 10.2. The van der Waals surface area contributed by atoms with Crippen molar-refractivity contribution in [3.05, 3.63) is 45.9 Å². The van der Waals surface area contributed by atoms with E-state index >= 15 is 0 Å². The van der Waals surface area contributed by atoms with Crippen molar-refractivity contribution in [3.8, 4) is 0 Å². The van der Waals surface area contributed by atoms with Gasteiger partial charge in [0.1, 0.15) is 0 Å². The van der Waals surface area contributed by atoms with Crippen LogP contribution in [0.2, 0.25) is 5.02 Å². The van der Waals surface area contributed by atoms with E-state index in [-0.39, 0.29) is 12.0 Å². The van der Waals surface area contributed by atoms with Crippen LogP contribution in [0.5, 0.6) is 0 Å². The summed E-state index contributed by atoms with van der Waals surface area (Å²) in [5.41, 5.74) is 1.11. The zero-order valence-corrected chi connectivity index (χ0v) is 17.7. The number of hydrogen-bond donors (Lipinski definition) is 1. The lowest BCUT2D eigenvalue weighted by Gasteiger charge is -2.42. The number of halogens is 1. The molecule has 5 nitrogen and oxygen atoms in total. The molecule has 0 bridgehead atoms. The molecule has 0 saturated carbocycles. The molecule has 7 heteroatoms. The van der Waals surface area contributed by atoms with E-state index in [2.05, 4.69) is 20.9 Å². The van der Waals surface area contributed by atoms with Gasteiger partial charge < -0.3 is 14.7 Å². The summed E-state index contributed by atoms with van der Waals surface area (Å²) in [6.07, 6.45) is 5.04. The fraction of sp³-hybridized carbons (Fsp3) is 0.571. The number of hydrogen-bond acceptors (Lipinski definition) is 6. The molecule has 0 aliphatic carbocycles. The number of morpholine rings is 1. The molecule has 2 fully saturated rings. The van der Waals surface area contributed by atoms with Crippen LogP contribution in [0.1, 0.15) is 23.3 Å². The standard InChI is InChI=1S/C21H28ClN3O2S/c22-18-4-1-3-17(11-18)12-21(16-26)5-2-6-24(15-21)14-19-13-23-20(28-19)25-7-9-27-10-8-25/h1,3-4,11,13,26H,2,5-10,12,14-16H2/t21-/m0/s1. The van der Waals surface area contributed by atoms with Gasteiger partial charge in [-0.2, -0.15) is 0 Å². The first-order valence-electron chi connectivity index (χ1n) is 10.0. The molecule has 2 aliphatic rings. The fourth-order valence-electron chi connectivity index (χ4n) is 4.35. The van der Waals surface area contributed by atoms with E-state index in [0.717, 1.165) is 75.4 Å². The quantitative estimate of drug-likeness (QED) is 0.774. The number of piperidine rings is 1. The van der Waals surface area contributed by atoms with Crippen LogP contribution in [0.3, 0.4) is 0 Å². The average molecular weight is 422 g/mol. The van der Waals surface area contributed by atoms with Gasteiger partial charge in [-0.3, -0.25) is 4.90 Å². The largest absolute Gasteiger partial charge is 0.396 e. The maximum absolute atomic E-state index is 10.2. The molecule has 1 aromatic heterocycles. The van der Waals surface area contributed by atoms with Crippen LogP contribution in [-0.4, -0.2) is 61.0 Å². The smallest absolute Gasteiger partial charge is 0.185 e. The first-order chi connectivity index (χ1) is 13.7. The molecule has 0 unspecified atom stereocenters. The van der Waals surface area contributed by atoms with Crippen LogP contribution >= 0.6 is 22.9 Å². The van der Waals surface area contributed by atoms with Crippen molar-refractivity contribution in [1.82, 2.24) is 9.88 Å². The Labute approximate surface area is 175 Å². The van der Waals surface area contributed by atoms with Crippen LogP contribution in [0.15, 0.2) is 30.5 Å². The number of aliphatic hydroxyl groups excluding tert-OH is 1. The average Bonchev–Trinajstić information content (AvgIpc) is 3.17. The summed E-state index contributed by atoms with van der Waals surface area (Å²) in [5, 5.41) is 12.1. The van der Waals surface area contributed by atoms with Gasteiger partial charge >= 0.3 is 0 Å². The van der Waals surface area contributed by atoms with Crippen molar-refractivity contribution in [2.24, 2.45) is 5.41 Å². The number of benzene rings is 1. The number of rotatable bonds is 6. The number of thiazole rings is 1. The third-order valence-corrected chi connectivity index (χ3v) is 7.02. The number of aliphatic hydroxyl groups is 1. The van der Waals surface area contributed by atoms with Crippen LogP contribution < -0.4 is 4.90 Å². The predicted octanol–water partition coefficient (Wildman–Crippen LogP) is 3.45. The second kappa shape index (κ2) is 9.09. The highest BCUT2D eigenvalue weighted by molar-refractivity contribution is 7.15. The van der Waals surface area contributed by atoms with Gasteiger partial charge in [-0.15, -0.1) is 11.3 Å². The van der Waals surface area contributed by atoms with Crippen molar-refractivity contribution >= 4 is 28.1 Å². The number of aromatic nitrogens is 1. The van der Waals surface area contributed by atoms with Gasteiger partial charge in [-0.1, -0.05) is 23.7 Å². The molecule has 4 rings (SSSR count). The van der Waals surface area contributed by atoms with Crippen LogP contribution in [0.25, 0.3) is 0 Å². The fourth-order valence-corrected chi connectivity index (χ4v) is 5.56. The number of nitrogens with zero attached hydrogens (tertiary/aromatic N) is 3. The SMILES string of the molecule is OC[C@]1(Cc2cccc(Cl)c2)CCCN(Cc2cnc(N3CCOCC3)s2)C1. The minimum Gasteiger partial charge on any atom is -0.396 e. The second-order valence-electron chi connectivity index (χ2n) is 7.99. The molecule has 1 aromatic carbocycles. The Kier molecular flexibility index (Phi) is 6.53. The predicted molar refractivity (Wildman–Crippen MR) is 114 cm³/mol. The van der Waals surface area contributed by atoms with Crippen LogP contribution in [-0.2, 0) is 17.7 Å². The Bertz CT molecular complexity index is 781. The highest BCUT2D eigenvalue weighted by Gasteiger charge is 2.35. The Hall–Kier alpha value is -1.18. The van der Waals surface area contributed by atoms with Gasteiger partial charge in [0.05, 0.1) is 19.8 Å². The summed E-state index contributed by atoms with van der Waals surface area (Å²) >= 11 is 7.95. The van der Waals surface area contributed by atoms with E-state index in [0.29, 0.717) is 0 Å². The number of ether oxygens (including phenoxy) is 1. The molecular weight excluding hydrogens is 394 g/mol. The Morgan fingerprint density at radius 2 is 2.11 bits per heavy atom. The zero-order valence-electron chi connectivity index (χ0n) is 16.1. The summed E-state index contributed by atoms with van der Waals surface area (Å²) in [6, 6.07) is 8.03. The topological polar surface area (TPSA) is 48.8 Å². The maximum Gasteiger partial charge on any atom is 0.185 e. The van der Waals surface area contributed by atoms with Gasteiger partial charge in [0, 0.05) is 47.7 Å². The van der Waals surface area contributed by atoms with E-state index < -0.39 is 0 Å². The van der Waals surface area contributed by atoms with E-state index in [1.54, 1.807) is 11.3 Å². The number of anilines is 1. The molecule has 1 N–H and O–H groups in total. The molecule has 0 spiro atoms. The Morgan fingerprint density at radius 3 is 2.89 bits per heavy atom. The van der Waals surface area contributed by atoms with Crippen molar-refractivity contribution in [2.45, 2.75) is 25.8 Å². The highest BCUT2D eigenvalue weighted by Crippen LogP contribution is 2.35. The van der Waals surface area contributed by atoms with E-state index in [1.165, 1.54) is 10.4 Å². The molecule has 2 aliphatic heterocycles. The first kappa shape index (κ1) is 20.1. The van der Waals surface area contributed by atoms with E-state index in [9.17, 15) is 5.11 Å². The normalized spacial score (nSPS) is 23.9. The molecule has 3 heterocycles. The van der Waals surface area contributed by atoms with E-state index in [4.69, 9.17) is 16.3 Å². The lowest BCUT2D eigenvalue weighted by Crippen LogP contribution is -2.46.